The monoisotopic (exact) mass is 304 g/mol. The molecule has 1 aliphatic heterocycles. The molecule has 0 aromatic rings. The van der Waals surface area contributed by atoms with Crippen LogP contribution < -0.4 is 0 Å². The minimum atomic E-state index is -0.488. The van der Waals surface area contributed by atoms with Gasteiger partial charge in [-0.3, -0.25) is 0 Å². The highest BCUT2D eigenvalue weighted by molar-refractivity contribution is 5.21. The number of aliphatic hydroxyl groups is 1. The van der Waals surface area contributed by atoms with E-state index < -0.39 is 5.60 Å². The lowest BCUT2D eigenvalue weighted by atomic mass is 9.78. The van der Waals surface area contributed by atoms with Crippen LogP contribution in [0.1, 0.15) is 66.2 Å². The summed E-state index contributed by atoms with van der Waals surface area (Å²) in [4.78, 5) is 0. The van der Waals surface area contributed by atoms with Gasteiger partial charge in [0.1, 0.15) is 0 Å². The summed E-state index contributed by atoms with van der Waals surface area (Å²) < 4.78 is 5.93. The largest absolute Gasteiger partial charge is 0.389 e. The zero-order valence-corrected chi connectivity index (χ0v) is 14.7. The first kappa shape index (κ1) is 15.2. The molecule has 124 valence electrons. The molecular formula is C20H32O2. The Morgan fingerprint density at radius 3 is 2.68 bits per heavy atom. The van der Waals surface area contributed by atoms with Crippen molar-refractivity contribution in [3.05, 3.63) is 11.6 Å². The topological polar surface area (TPSA) is 32.8 Å². The summed E-state index contributed by atoms with van der Waals surface area (Å²) in [6, 6.07) is 0. The maximum atomic E-state index is 11.4. The Balaban J connectivity index is 1.63. The predicted molar refractivity (Wildman–Crippen MR) is 88.5 cm³/mol. The van der Waals surface area contributed by atoms with Gasteiger partial charge in [0.15, 0.2) is 0 Å². The first-order chi connectivity index (χ1) is 10.2. The van der Waals surface area contributed by atoms with Crippen LogP contribution in [-0.4, -0.2) is 22.9 Å². The molecule has 0 radical (unpaired) electrons. The minimum Gasteiger partial charge on any atom is -0.389 e. The first-order valence-electron chi connectivity index (χ1n) is 9.28. The smallest absolute Gasteiger partial charge is 0.0920 e. The normalized spacial score (nSPS) is 55.6. The number of epoxide rings is 1. The van der Waals surface area contributed by atoms with E-state index in [4.69, 9.17) is 4.74 Å². The average molecular weight is 304 g/mol. The Morgan fingerprint density at radius 2 is 2.00 bits per heavy atom. The fourth-order valence-corrected chi connectivity index (χ4v) is 5.90. The van der Waals surface area contributed by atoms with Gasteiger partial charge in [-0.05, 0) is 74.5 Å². The van der Waals surface area contributed by atoms with Crippen LogP contribution >= 0.6 is 0 Å². The molecule has 0 unspecified atom stereocenters. The van der Waals surface area contributed by atoms with Crippen LogP contribution in [0.2, 0.25) is 0 Å². The van der Waals surface area contributed by atoms with Crippen LogP contribution in [-0.2, 0) is 4.74 Å². The van der Waals surface area contributed by atoms with Crippen LogP contribution in [0.4, 0.5) is 0 Å². The summed E-state index contributed by atoms with van der Waals surface area (Å²) in [5, 5.41) is 11.4. The maximum Gasteiger partial charge on any atom is 0.0920 e. The van der Waals surface area contributed by atoms with Crippen molar-refractivity contribution in [2.75, 3.05) is 6.61 Å². The highest BCUT2D eigenvalue weighted by Gasteiger charge is 2.59. The number of fused-ring (bicyclic) bond motifs is 2. The quantitative estimate of drug-likeness (QED) is 0.534. The SMILES string of the molecule is C/C1=C\[C@@H]2[C@H](CC[C@]3(CO3)C[C@H]3C[C@H](C)C[C@]3(O)C1)C2(C)C. The van der Waals surface area contributed by atoms with Gasteiger partial charge >= 0.3 is 0 Å². The van der Waals surface area contributed by atoms with Crippen molar-refractivity contribution in [1.82, 2.24) is 0 Å². The van der Waals surface area contributed by atoms with Crippen molar-refractivity contribution < 1.29 is 9.84 Å². The summed E-state index contributed by atoms with van der Waals surface area (Å²) >= 11 is 0. The molecule has 0 bridgehead atoms. The van der Waals surface area contributed by atoms with Gasteiger partial charge in [0.05, 0.1) is 17.8 Å². The van der Waals surface area contributed by atoms with Crippen molar-refractivity contribution in [3.8, 4) is 0 Å². The number of allylic oxidation sites excluding steroid dienone is 1. The lowest BCUT2D eigenvalue weighted by Gasteiger charge is -2.32. The average Bonchev–Trinajstić information content (AvgIpc) is 3.22. The van der Waals surface area contributed by atoms with E-state index in [9.17, 15) is 5.11 Å². The zero-order chi connectivity index (χ0) is 15.8. The third-order valence-electron chi connectivity index (χ3n) is 7.42. The molecule has 2 nitrogen and oxygen atoms in total. The highest BCUT2D eigenvalue weighted by atomic mass is 16.6. The van der Waals surface area contributed by atoms with Crippen molar-refractivity contribution in [2.45, 2.75) is 77.4 Å². The van der Waals surface area contributed by atoms with Gasteiger partial charge in [-0.1, -0.05) is 32.4 Å². The molecule has 2 heteroatoms. The lowest BCUT2D eigenvalue weighted by molar-refractivity contribution is -0.0109. The van der Waals surface area contributed by atoms with Crippen LogP contribution in [0.3, 0.4) is 0 Å². The summed E-state index contributed by atoms with van der Waals surface area (Å²) in [6.07, 6.45) is 9.09. The van der Waals surface area contributed by atoms with Crippen LogP contribution in [0.15, 0.2) is 11.6 Å². The zero-order valence-electron chi connectivity index (χ0n) is 14.7. The summed E-state index contributed by atoms with van der Waals surface area (Å²) in [7, 11) is 0. The van der Waals surface area contributed by atoms with E-state index in [0.29, 0.717) is 23.2 Å². The Hall–Kier alpha value is -0.340. The standard InChI is InChI=1S/C20H32O2/c1-13-7-15-11-19(12-22-19)6-5-16-17(18(16,3)4)8-14(2)10-20(15,21)9-13/h8,13,15-17,21H,5-7,9-12H2,1-4H3/b14-8+/t13-,15+,16-,17+,19+,20-/m0/s1. The lowest BCUT2D eigenvalue weighted by Crippen LogP contribution is -2.36. The second-order valence-electron chi connectivity index (χ2n) is 9.70. The Morgan fingerprint density at radius 1 is 1.27 bits per heavy atom. The summed E-state index contributed by atoms with van der Waals surface area (Å²) in [6.45, 7) is 10.3. The van der Waals surface area contributed by atoms with Crippen molar-refractivity contribution >= 4 is 0 Å². The molecule has 1 N–H and O–H groups in total. The number of rotatable bonds is 0. The Kier molecular flexibility index (Phi) is 3.18. The van der Waals surface area contributed by atoms with E-state index >= 15 is 0 Å². The molecule has 1 heterocycles. The molecule has 1 spiro atoms. The second-order valence-corrected chi connectivity index (χ2v) is 9.70. The van der Waals surface area contributed by atoms with E-state index in [1.807, 2.05) is 0 Å². The molecule has 0 aromatic heterocycles. The number of ether oxygens (including phenoxy) is 1. The van der Waals surface area contributed by atoms with Crippen molar-refractivity contribution in [3.63, 3.8) is 0 Å². The van der Waals surface area contributed by atoms with Crippen LogP contribution in [0, 0.1) is 29.1 Å². The molecule has 4 aliphatic rings. The van der Waals surface area contributed by atoms with E-state index in [-0.39, 0.29) is 5.60 Å². The third kappa shape index (κ3) is 2.38. The maximum absolute atomic E-state index is 11.4. The second kappa shape index (κ2) is 4.60. The van der Waals surface area contributed by atoms with Crippen LogP contribution in [0.25, 0.3) is 0 Å². The van der Waals surface area contributed by atoms with Gasteiger partial charge in [-0.25, -0.2) is 0 Å². The molecule has 2 saturated carbocycles. The summed E-state index contributed by atoms with van der Waals surface area (Å²) in [5.74, 6) is 2.60. The predicted octanol–water partition coefficient (Wildman–Crippen LogP) is 4.33. The van der Waals surface area contributed by atoms with E-state index in [0.717, 1.165) is 31.8 Å². The number of hydrogen-bond acceptors (Lipinski definition) is 2. The molecule has 4 rings (SSSR count). The van der Waals surface area contributed by atoms with Crippen molar-refractivity contribution in [2.24, 2.45) is 29.1 Å². The fraction of sp³-hybridized carbons (Fsp3) is 0.900. The first-order valence-corrected chi connectivity index (χ1v) is 9.28. The van der Waals surface area contributed by atoms with E-state index in [1.165, 1.54) is 24.8 Å². The highest BCUT2D eigenvalue weighted by Crippen LogP contribution is 2.63. The molecule has 22 heavy (non-hydrogen) atoms. The van der Waals surface area contributed by atoms with Gasteiger partial charge < -0.3 is 9.84 Å². The van der Waals surface area contributed by atoms with Gasteiger partial charge in [0, 0.05) is 0 Å². The van der Waals surface area contributed by atoms with Gasteiger partial charge in [-0.15, -0.1) is 0 Å². The fourth-order valence-electron chi connectivity index (χ4n) is 5.90. The molecule has 3 aliphatic carbocycles. The van der Waals surface area contributed by atoms with E-state index in [2.05, 4.69) is 33.8 Å². The Bertz CT molecular complexity index is 502. The molecule has 0 aromatic carbocycles. The van der Waals surface area contributed by atoms with E-state index in [1.54, 1.807) is 0 Å². The van der Waals surface area contributed by atoms with Gasteiger partial charge in [-0.2, -0.15) is 0 Å². The summed E-state index contributed by atoms with van der Waals surface area (Å²) in [5.41, 5.74) is 1.48. The van der Waals surface area contributed by atoms with Gasteiger partial charge in [0.2, 0.25) is 0 Å². The molecule has 6 atom stereocenters. The molecule has 0 amide bonds. The molecular weight excluding hydrogens is 272 g/mol. The van der Waals surface area contributed by atoms with Crippen molar-refractivity contribution in [1.29, 1.82) is 0 Å². The number of hydrogen-bond donors (Lipinski definition) is 1. The molecule has 3 fully saturated rings. The van der Waals surface area contributed by atoms with Crippen LogP contribution in [0.5, 0.6) is 0 Å². The van der Waals surface area contributed by atoms with Gasteiger partial charge in [0.25, 0.3) is 0 Å². The third-order valence-corrected chi connectivity index (χ3v) is 7.42. The Labute approximate surface area is 135 Å². The molecule has 1 saturated heterocycles. The minimum absolute atomic E-state index is 0.115.